The van der Waals surface area contributed by atoms with Gasteiger partial charge in [0.1, 0.15) is 18.1 Å². The molecule has 0 fully saturated rings. The lowest BCUT2D eigenvalue weighted by Gasteiger charge is -2.04. The molecular weight excluding hydrogens is 240 g/mol. The number of pyridine rings is 2. The van der Waals surface area contributed by atoms with Crippen LogP contribution in [0.2, 0.25) is 0 Å². The van der Waals surface area contributed by atoms with E-state index >= 15 is 0 Å². The van der Waals surface area contributed by atoms with Crippen molar-refractivity contribution in [1.29, 1.82) is 0 Å². The highest BCUT2D eigenvalue weighted by Crippen LogP contribution is 2.12. The first-order chi connectivity index (χ1) is 8.25. The molecule has 0 amide bonds. The van der Waals surface area contributed by atoms with Gasteiger partial charge in [0.2, 0.25) is 0 Å². The van der Waals surface area contributed by atoms with Gasteiger partial charge in [0, 0.05) is 6.20 Å². The lowest BCUT2D eigenvalue weighted by atomic mass is 10.3. The van der Waals surface area contributed by atoms with Crippen molar-refractivity contribution in [1.82, 2.24) is 9.97 Å². The van der Waals surface area contributed by atoms with E-state index in [-0.39, 0.29) is 5.69 Å². The molecule has 2 heterocycles. The topological polar surface area (TPSA) is 52.1 Å². The largest absolute Gasteiger partial charge is 0.486 e. The highest BCUT2D eigenvalue weighted by molar-refractivity contribution is 6.67. The smallest absolute Gasteiger partial charge is 0.270 e. The number of rotatable bonds is 4. The monoisotopic (exact) mass is 248 g/mol. The molecule has 2 aromatic heterocycles. The van der Waals surface area contributed by atoms with Gasteiger partial charge in [0.05, 0.1) is 11.9 Å². The van der Waals surface area contributed by atoms with Crippen LogP contribution in [0.1, 0.15) is 16.2 Å². The van der Waals surface area contributed by atoms with Crippen LogP contribution in [0.4, 0.5) is 0 Å². The number of nitrogens with zero attached hydrogens (tertiary/aromatic N) is 2. The van der Waals surface area contributed by atoms with Crippen molar-refractivity contribution in [2.75, 3.05) is 0 Å². The van der Waals surface area contributed by atoms with Gasteiger partial charge in [-0.3, -0.25) is 9.78 Å². The summed E-state index contributed by atoms with van der Waals surface area (Å²) in [4.78, 5) is 18.8. The van der Waals surface area contributed by atoms with Crippen LogP contribution in [0.3, 0.4) is 0 Å². The first-order valence-corrected chi connectivity index (χ1v) is 5.32. The van der Waals surface area contributed by atoms with Gasteiger partial charge in [0.25, 0.3) is 5.24 Å². The molecule has 5 heteroatoms. The van der Waals surface area contributed by atoms with Gasteiger partial charge in [-0.1, -0.05) is 6.07 Å². The average Bonchev–Trinajstić information content (AvgIpc) is 2.38. The van der Waals surface area contributed by atoms with Crippen LogP contribution < -0.4 is 4.74 Å². The predicted octanol–water partition coefficient (Wildman–Crippen LogP) is 2.43. The summed E-state index contributed by atoms with van der Waals surface area (Å²) in [5.74, 6) is 0.567. The lowest BCUT2D eigenvalue weighted by molar-refractivity contribution is 0.107. The molecule has 0 spiro atoms. The van der Waals surface area contributed by atoms with Gasteiger partial charge in [0.15, 0.2) is 0 Å². The summed E-state index contributed by atoms with van der Waals surface area (Å²) >= 11 is 5.28. The van der Waals surface area contributed by atoms with E-state index in [9.17, 15) is 4.79 Å². The Morgan fingerprint density at radius 2 is 2.12 bits per heavy atom. The van der Waals surface area contributed by atoms with Crippen LogP contribution in [0.25, 0.3) is 0 Å². The first kappa shape index (κ1) is 11.5. The zero-order chi connectivity index (χ0) is 12.1. The number of halogens is 1. The second kappa shape index (κ2) is 5.41. The van der Waals surface area contributed by atoms with Gasteiger partial charge in [-0.25, -0.2) is 4.98 Å². The zero-order valence-electron chi connectivity index (χ0n) is 8.84. The van der Waals surface area contributed by atoms with Gasteiger partial charge in [-0.05, 0) is 35.9 Å². The van der Waals surface area contributed by atoms with Crippen molar-refractivity contribution in [2.24, 2.45) is 0 Å². The predicted molar refractivity (Wildman–Crippen MR) is 63.0 cm³/mol. The molecule has 2 aromatic rings. The fraction of sp³-hybridized carbons (Fsp3) is 0.0833. The summed E-state index contributed by atoms with van der Waals surface area (Å²) in [5, 5.41) is -0.582. The van der Waals surface area contributed by atoms with Crippen LogP contribution in [0, 0.1) is 0 Å². The van der Waals surface area contributed by atoms with Gasteiger partial charge >= 0.3 is 0 Å². The Kier molecular flexibility index (Phi) is 3.67. The molecule has 0 unspecified atom stereocenters. The molecule has 0 aliphatic rings. The average molecular weight is 249 g/mol. The summed E-state index contributed by atoms with van der Waals surface area (Å²) in [7, 11) is 0. The number of ether oxygens (including phenoxy) is 1. The summed E-state index contributed by atoms with van der Waals surface area (Å²) in [6.07, 6.45) is 3.16. The zero-order valence-corrected chi connectivity index (χ0v) is 9.59. The van der Waals surface area contributed by atoms with Crippen molar-refractivity contribution in [3.8, 4) is 5.75 Å². The summed E-state index contributed by atoms with van der Waals surface area (Å²) in [6, 6.07) is 8.75. The molecule has 0 aromatic carbocycles. The van der Waals surface area contributed by atoms with E-state index in [1.165, 1.54) is 12.3 Å². The molecule has 0 atom stereocenters. The van der Waals surface area contributed by atoms with Crippen molar-refractivity contribution in [2.45, 2.75) is 6.61 Å². The number of hydrogen-bond acceptors (Lipinski definition) is 4. The van der Waals surface area contributed by atoms with Crippen molar-refractivity contribution in [3.63, 3.8) is 0 Å². The molecule has 17 heavy (non-hydrogen) atoms. The Labute approximate surface area is 103 Å². The quantitative estimate of drug-likeness (QED) is 0.780. The van der Waals surface area contributed by atoms with E-state index in [1.807, 2.05) is 18.2 Å². The number of carbonyl (C=O) groups excluding carboxylic acids is 1. The van der Waals surface area contributed by atoms with E-state index < -0.39 is 5.24 Å². The summed E-state index contributed by atoms with van der Waals surface area (Å²) in [6.45, 7) is 0.358. The Balaban J connectivity index is 1.98. The maximum atomic E-state index is 10.8. The molecule has 2 rings (SSSR count). The Morgan fingerprint density at radius 3 is 2.71 bits per heavy atom. The Hall–Kier alpha value is -1.94. The Morgan fingerprint density at radius 1 is 1.24 bits per heavy atom. The lowest BCUT2D eigenvalue weighted by Crippen LogP contribution is -1.99. The van der Waals surface area contributed by atoms with Crippen LogP contribution >= 0.6 is 11.6 Å². The maximum Gasteiger partial charge on any atom is 0.270 e. The molecular formula is C12H9ClN2O2. The molecule has 0 N–H and O–H groups in total. The van der Waals surface area contributed by atoms with Gasteiger partial charge in [-0.15, -0.1) is 0 Å². The molecule has 0 bridgehead atoms. The minimum Gasteiger partial charge on any atom is -0.486 e. The first-order valence-electron chi connectivity index (χ1n) is 4.94. The molecule has 0 saturated heterocycles. The van der Waals surface area contributed by atoms with E-state index in [4.69, 9.17) is 16.3 Å². The van der Waals surface area contributed by atoms with E-state index in [0.717, 1.165) is 5.69 Å². The third-order valence-corrected chi connectivity index (χ3v) is 2.24. The van der Waals surface area contributed by atoms with E-state index in [0.29, 0.717) is 12.4 Å². The molecule has 0 saturated carbocycles. The molecule has 0 aliphatic heterocycles. The van der Waals surface area contributed by atoms with Crippen LogP contribution in [-0.2, 0) is 6.61 Å². The third-order valence-electron chi connectivity index (χ3n) is 2.05. The van der Waals surface area contributed by atoms with Crippen molar-refractivity contribution >= 4 is 16.8 Å². The highest BCUT2D eigenvalue weighted by atomic mass is 35.5. The van der Waals surface area contributed by atoms with Crippen LogP contribution in [0.5, 0.6) is 5.75 Å². The fourth-order valence-electron chi connectivity index (χ4n) is 1.22. The standard InChI is InChI=1S/C12H9ClN2O2/c13-12(16)11-5-4-10(7-15-11)17-8-9-3-1-2-6-14-9/h1-7H,8H2. The van der Waals surface area contributed by atoms with E-state index in [1.54, 1.807) is 12.3 Å². The SMILES string of the molecule is O=C(Cl)c1ccc(OCc2ccccn2)cn1. The molecule has 4 nitrogen and oxygen atoms in total. The van der Waals surface area contributed by atoms with Crippen molar-refractivity contribution < 1.29 is 9.53 Å². The second-order valence-corrected chi connectivity index (χ2v) is 3.61. The number of hydrogen-bond donors (Lipinski definition) is 0. The molecule has 86 valence electrons. The molecule has 0 aliphatic carbocycles. The summed E-state index contributed by atoms with van der Waals surface area (Å²) in [5.41, 5.74) is 1.03. The van der Waals surface area contributed by atoms with Crippen molar-refractivity contribution in [3.05, 3.63) is 54.1 Å². The fourth-order valence-corrected chi connectivity index (χ4v) is 1.33. The third kappa shape index (κ3) is 3.26. The second-order valence-electron chi connectivity index (χ2n) is 3.26. The maximum absolute atomic E-state index is 10.8. The van der Waals surface area contributed by atoms with Crippen LogP contribution in [0.15, 0.2) is 42.7 Å². The number of aromatic nitrogens is 2. The van der Waals surface area contributed by atoms with Crippen LogP contribution in [-0.4, -0.2) is 15.2 Å². The number of carbonyl (C=O) groups is 1. The van der Waals surface area contributed by atoms with Gasteiger partial charge < -0.3 is 4.74 Å². The minimum absolute atomic E-state index is 0.205. The Bertz CT molecular complexity index is 500. The summed E-state index contributed by atoms with van der Waals surface area (Å²) < 4.78 is 5.45. The minimum atomic E-state index is -0.582. The molecule has 0 radical (unpaired) electrons. The normalized spacial score (nSPS) is 9.94. The van der Waals surface area contributed by atoms with Gasteiger partial charge in [-0.2, -0.15) is 0 Å². The highest BCUT2D eigenvalue weighted by Gasteiger charge is 2.03. The van der Waals surface area contributed by atoms with E-state index in [2.05, 4.69) is 9.97 Å².